The molecule has 0 radical (unpaired) electrons. The molecule has 120 valence electrons. The van der Waals surface area contributed by atoms with Crippen molar-refractivity contribution in [2.45, 2.75) is 6.04 Å². The highest BCUT2D eigenvalue weighted by molar-refractivity contribution is 5.32. The van der Waals surface area contributed by atoms with Gasteiger partial charge in [0.15, 0.2) is 0 Å². The van der Waals surface area contributed by atoms with Gasteiger partial charge < -0.3 is 24.9 Å². The Morgan fingerprint density at radius 3 is 2.36 bits per heavy atom. The lowest BCUT2D eigenvalue weighted by Crippen LogP contribution is -2.50. The van der Waals surface area contributed by atoms with Crippen molar-refractivity contribution in [2.75, 3.05) is 66.5 Å². The van der Waals surface area contributed by atoms with Gasteiger partial charge in [-0.05, 0) is 13.1 Å². The van der Waals surface area contributed by atoms with Gasteiger partial charge in [-0.25, -0.2) is 0 Å². The average Bonchev–Trinajstić information content (AvgIpc) is 2.57. The predicted molar refractivity (Wildman–Crippen MR) is 86.8 cm³/mol. The van der Waals surface area contributed by atoms with Gasteiger partial charge in [0.2, 0.25) is 0 Å². The standard InChI is InChI=1S/C16H26N6/c1-19-7-9-22(10-8-19)16-12-14(11-15(13-17)20(16)2)21-5-3-18-4-6-21/h11-12,15,18H,3-10H2,1-2H3. The molecule has 1 N–H and O–H groups in total. The molecule has 0 bridgehead atoms. The fourth-order valence-electron chi connectivity index (χ4n) is 3.29. The zero-order valence-corrected chi connectivity index (χ0v) is 13.6. The van der Waals surface area contributed by atoms with Gasteiger partial charge >= 0.3 is 0 Å². The van der Waals surface area contributed by atoms with E-state index in [1.807, 2.05) is 7.05 Å². The fourth-order valence-corrected chi connectivity index (χ4v) is 3.29. The Balaban J connectivity index is 1.81. The van der Waals surface area contributed by atoms with Crippen molar-refractivity contribution in [1.82, 2.24) is 24.9 Å². The molecule has 2 fully saturated rings. The number of piperazine rings is 2. The SMILES string of the molecule is CN1CCN(C2=CC(N3CCNCC3)=CC(C#N)N2C)CC1. The van der Waals surface area contributed by atoms with Crippen LogP contribution < -0.4 is 5.32 Å². The first-order chi connectivity index (χ1) is 10.7. The molecule has 0 aromatic carbocycles. The van der Waals surface area contributed by atoms with Gasteiger partial charge in [-0.2, -0.15) is 5.26 Å². The molecule has 6 nitrogen and oxygen atoms in total. The molecule has 0 saturated carbocycles. The number of rotatable bonds is 2. The van der Waals surface area contributed by atoms with Crippen LogP contribution in [0.15, 0.2) is 23.7 Å². The largest absolute Gasteiger partial charge is 0.369 e. The zero-order valence-electron chi connectivity index (χ0n) is 13.6. The molecule has 0 aliphatic carbocycles. The van der Waals surface area contributed by atoms with Crippen LogP contribution in [-0.4, -0.2) is 92.1 Å². The lowest BCUT2D eigenvalue weighted by atomic mass is 10.1. The Morgan fingerprint density at radius 2 is 1.73 bits per heavy atom. The first kappa shape index (κ1) is 15.2. The van der Waals surface area contributed by atoms with Crippen LogP contribution in [0.1, 0.15) is 0 Å². The zero-order chi connectivity index (χ0) is 15.5. The number of hydrogen-bond donors (Lipinski definition) is 1. The molecular weight excluding hydrogens is 276 g/mol. The molecule has 3 aliphatic rings. The molecule has 1 atom stereocenters. The second-order valence-corrected chi connectivity index (χ2v) is 6.31. The maximum atomic E-state index is 9.51. The Labute approximate surface area is 133 Å². The van der Waals surface area contributed by atoms with Gasteiger partial charge in [-0.1, -0.05) is 0 Å². The fraction of sp³-hybridized carbons (Fsp3) is 0.688. The van der Waals surface area contributed by atoms with E-state index in [9.17, 15) is 5.26 Å². The van der Waals surface area contributed by atoms with Crippen molar-refractivity contribution in [2.24, 2.45) is 0 Å². The molecular formula is C16H26N6. The third-order valence-corrected chi connectivity index (χ3v) is 4.83. The number of likely N-dealkylation sites (N-methyl/N-ethyl adjacent to an activating group) is 2. The summed E-state index contributed by atoms with van der Waals surface area (Å²) in [7, 11) is 4.20. The minimum atomic E-state index is -0.176. The van der Waals surface area contributed by atoms with Crippen LogP contribution in [0.5, 0.6) is 0 Å². The van der Waals surface area contributed by atoms with Gasteiger partial charge in [0.25, 0.3) is 0 Å². The number of nitrogens with zero attached hydrogens (tertiary/aromatic N) is 5. The van der Waals surface area contributed by atoms with Crippen LogP contribution in [0.25, 0.3) is 0 Å². The molecule has 1 unspecified atom stereocenters. The Kier molecular flexibility index (Phi) is 4.55. The highest BCUT2D eigenvalue weighted by Crippen LogP contribution is 2.24. The number of allylic oxidation sites excluding steroid dienone is 1. The van der Waals surface area contributed by atoms with Crippen LogP contribution in [0.4, 0.5) is 0 Å². The maximum absolute atomic E-state index is 9.51. The molecule has 2 saturated heterocycles. The quantitative estimate of drug-likeness (QED) is 0.756. The number of nitrogens with one attached hydrogen (secondary N) is 1. The minimum absolute atomic E-state index is 0.176. The van der Waals surface area contributed by atoms with Crippen LogP contribution in [0.2, 0.25) is 0 Å². The van der Waals surface area contributed by atoms with Crippen molar-refractivity contribution in [3.8, 4) is 6.07 Å². The molecule has 3 aliphatic heterocycles. The highest BCUT2D eigenvalue weighted by Gasteiger charge is 2.28. The maximum Gasteiger partial charge on any atom is 0.138 e. The molecule has 0 aromatic rings. The van der Waals surface area contributed by atoms with E-state index in [0.717, 1.165) is 52.4 Å². The summed E-state index contributed by atoms with van der Waals surface area (Å²) in [6, 6.07) is 2.25. The van der Waals surface area contributed by atoms with E-state index in [1.54, 1.807) is 0 Å². The summed E-state index contributed by atoms with van der Waals surface area (Å²) in [6.45, 7) is 8.27. The van der Waals surface area contributed by atoms with E-state index in [4.69, 9.17) is 0 Å². The number of hydrogen-bond acceptors (Lipinski definition) is 6. The summed E-state index contributed by atoms with van der Waals surface area (Å²) in [5.74, 6) is 1.19. The Bertz CT molecular complexity index is 491. The average molecular weight is 302 g/mol. The van der Waals surface area contributed by atoms with Crippen molar-refractivity contribution in [3.63, 3.8) is 0 Å². The summed E-state index contributed by atoms with van der Waals surface area (Å²) >= 11 is 0. The van der Waals surface area contributed by atoms with E-state index in [2.05, 4.69) is 50.2 Å². The van der Waals surface area contributed by atoms with Crippen LogP contribution in [0, 0.1) is 11.3 Å². The molecule has 3 rings (SSSR count). The first-order valence-corrected chi connectivity index (χ1v) is 8.14. The highest BCUT2D eigenvalue weighted by atomic mass is 15.4. The molecule has 0 amide bonds. The van der Waals surface area contributed by atoms with Gasteiger partial charge in [0.1, 0.15) is 11.9 Å². The molecule has 0 spiro atoms. The first-order valence-electron chi connectivity index (χ1n) is 8.14. The molecule has 6 heteroatoms. The molecule has 22 heavy (non-hydrogen) atoms. The van der Waals surface area contributed by atoms with Gasteiger partial charge in [-0.3, -0.25) is 0 Å². The lowest BCUT2D eigenvalue weighted by molar-refractivity contribution is 0.142. The van der Waals surface area contributed by atoms with Crippen molar-refractivity contribution in [1.29, 1.82) is 5.26 Å². The van der Waals surface area contributed by atoms with E-state index < -0.39 is 0 Å². The number of nitriles is 1. The summed E-state index contributed by atoms with van der Waals surface area (Å²) in [5, 5.41) is 12.9. The van der Waals surface area contributed by atoms with Crippen molar-refractivity contribution in [3.05, 3.63) is 23.7 Å². The summed E-state index contributed by atoms with van der Waals surface area (Å²) < 4.78 is 0. The monoisotopic (exact) mass is 302 g/mol. The summed E-state index contributed by atoms with van der Waals surface area (Å²) in [5.41, 5.74) is 1.21. The Hall–Kier alpha value is -1.71. The van der Waals surface area contributed by atoms with Gasteiger partial charge in [0, 0.05) is 71.2 Å². The van der Waals surface area contributed by atoms with E-state index in [0.29, 0.717) is 0 Å². The second kappa shape index (κ2) is 6.59. The predicted octanol–water partition coefficient (Wildman–Crippen LogP) is -0.298. The third-order valence-electron chi connectivity index (χ3n) is 4.83. The smallest absolute Gasteiger partial charge is 0.138 e. The Morgan fingerprint density at radius 1 is 1.05 bits per heavy atom. The van der Waals surface area contributed by atoms with Crippen molar-refractivity contribution < 1.29 is 0 Å². The van der Waals surface area contributed by atoms with E-state index >= 15 is 0 Å². The lowest BCUT2D eigenvalue weighted by Gasteiger charge is -2.43. The molecule has 0 aromatic heterocycles. The van der Waals surface area contributed by atoms with Crippen LogP contribution in [0.3, 0.4) is 0 Å². The van der Waals surface area contributed by atoms with Crippen LogP contribution >= 0.6 is 0 Å². The minimum Gasteiger partial charge on any atom is -0.369 e. The second-order valence-electron chi connectivity index (χ2n) is 6.31. The van der Waals surface area contributed by atoms with E-state index in [1.165, 1.54) is 11.5 Å². The van der Waals surface area contributed by atoms with Crippen LogP contribution in [-0.2, 0) is 0 Å². The topological polar surface area (TPSA) is 48.8 Å². The van der Waals surface area contributed by atoms with Gasteiger partial charge in [-0.15, -0.1) is 0 Å². The normalized spacial score (nSPS) is 27.3. The van der Waals surface area contributed by atoms with Crippen molar-refractivity contribution >= 4 is 0 Å². The summed E-state index contributed by atoms with van der Waals surface area (Å²) in [6.07, 6.45) is 4.37. The third kappa shape index (κ3) is 3.06. The molecule has 3 heterocycles. The van der Waals surface area contributed by atoms with Gasteiger partial charge in [0.05, 0.1) is 6.07 Å². The van der Waals surface area contributed by atoms with E-state index in [-0.39, 0.29) is 6.04 Å². The summed E-state index contributed by atoms with van der Waals surface area (Å²) in [4.78, 5) is 9.27.